The van der Waals surface area contributed by atoms with Gasteiger partial charge in [0.2, 0.25) is 15.9 Å². The number of anilines is 1. The Balaban J connectivity index is 1.95. The normalized spacial score (nSPS) is 10.9. The quantitative estimate of drug-likeness (QED) is 0.704. The molecule has 0 heterocycles. The molecule has 7 nitrogen and oxygen atoms in total. The Labute approximate surface area is 161 Å². The van der Waals surface area contributed by atoms with Crippen LogP contribution in [-0.4, -0.2) is 33.0 Å². The average molecular weight is 414 g/mol. The predicted octanol–water partition coefficient (Wildman–Crippen LogP) is 1.64. The van der Waals surface area contributed by atoms with E-state index in [0.29, 0.717) is 10.6 Å². The fourth-order valence-corrected chi connectivity index (χ4v) is 3.21. The average Bonchev–Trinajstić information content (AvgIpc) is 2.59. The SMILES string of the molecule is CS(=O)(=O)N(CC(=O)NNC(=O)Cc1ccc(F)cc1)c1cccc(Cl)c1. The van der Waals surface area contributed by atoms with Crippen LogP contribution in [0.5, 0.6) is 0 Å². The third-order valence-electron chi connectivity index (χ3n) is 3.40. The second-order valence-electron chi connectivity index (χ2n) is 5.65. The van der Waals surface area contributed by atoms with Crippen molar-refractivity contribution in [3.63, 3.8) is 0 Å². The van der Waals surface area contributed by atoms with E-state index in [-0.39, 0.29) is 12.1 Å². The second kappa shape index (κ2) is 8.83. The van der Waals surface area contributed by atoms with Gasteiger partial charge in [-0.05, 0) is 35.9 Å². The molecule has 0 saturated heterocycles. The van der Waals surface area contributed by atoms with Crippen LogP contribution >= 0.6 is 11.6 Å². The number of amides is 2. The highest BCUT2D eigenvalue weighted by Crippen LogP contribution is 2.21. The Kier molecular flexibility index (Phi) is 6.75. The third kappa shape index (κ3) is 6.54. The van der Waals surface area contributed by atoms with E-state index in [1.165, 1.54) is 36.4 Å². The van der Waals surface area contributed by atoms with Crippen LogP contribution in [0, 0.1) is 5.82 Å². The first-order valence-corrected chi connectivity index (χ1v) is 9.93. The van der Waals surface area contributed by atoms with Gasteiger partial charge in [-0.15, -0.1) is 0 Å². The fourth-order valence-electron chi connectivity index (χ4n) is 2.17. The van der Waals surface area contributed by atoms with Gasteiger partial charge in [-0.1, -0.05) is 29.8 Å². The summed E-state index contributed by atoms with van der Waals surface area (Å²) in [4.78, 5) is 23.9. The summed E-state index contributed by atoms with van der Waals surface area (Å²) in [5.41, 5.74) is 5.11. The van der Waals surface area contributed by atoms with Crippen molar-refractivity contribution in [1.29, 1.82) is 0 Å². The number of nitrogens with zero attached hydrogens (tertiary/aromatic N) is 1. The monoisotopic (exact) mass is 413 g/mol. The summed E-state index contributed by atoms with van der Waals surface area (Å²) in [5.74, 6) is -1.70. The van der Waals surface area contributed by atoms with Crippen molar-refractivity contribution >= 4 is 39.1 Å². The molecule has 2 N–H and O–H groups in total. The smallest absolute Gasteiger partial charge is 0.259 e. The molecule has 0 saturated carbocycles. The minimum Gasteiger partial charge on any atom is -0.273 e. The number of hydrogen-bond donors (Lipinski definition) is 2. The van der Waals surface area contributed by atoms with Crippen molar-refractivity contribution in [2.24, 2.45) is 0 Å². The number of sulfonamides is 1. The molecule has 2 amide bonds. The molecule has 0 bridgehead atoms. The van der Waals surface area contributed by atoms with E-state index in [9.17, 15) is 22.4 Å². The lowest BCUT2D eigenvalue weighted by Gasteiger charge is -2.22. The van der Waals surface area contributed by atoms with Crippen LogP contribution in [0.25, 0.3) is 0 Å². The Morgan fingerprint density at radius 1 is 1.07 bits per heavy atom. The van der Waals surface area contributed by atoms with Gasteiger partial charge in [0, 0.05) is 5.02 Å². The lowest BCUT2D eigenvalue weighted by molar-refractivity contribution is -0.127. The molecule has 2 aromatic rings. The molecule has 0 fully saturated rings. The summed E-state index contributed by atoms with van der Waals surface area (Å²) in [6.45, 7) is -0.546. The molecule has 27 heavy (non-hydrogen) atoms. The Morgan fingerprint density at radius 2 is 1.70 bits per heavy atom. The standard InChI is InChI=1S/C17H17ClFN3O4S/c1-27(25,26)22(15-4-2-3-13(18)10-15)11-17(24)21-20-16(23)9-12-5-7-14(19)8-6-12/h2-8,10H,9,11H2,1H3,(H,20,23)(H,21,24). The van der Waals surface area contributed by atoms with Crippen molar-refractivity contribution in [2.75, 3.05) is 17.1 Å². The molecule has 0 aromatic heterocycles. The van der Waals surface area contributed by atoms with Gasteiger partial charge in [0.1, 0.15) is 12.4 Å². The summed E-state index contributed by atoms with van der Waals surface area (Å²) in [6.07, 6.45) is 0.874. The first kappa shape index (κ1) is 20.7. The molecule has 10 heteroatoms. The zero-order chi connectivity index (χ0) is 20.0. The Bertz CT molecular complexity index is 935. The summed E-state index contributed by atoms with van der Waals surface area (Å²) < 4.78 is 37.6. The van der Waals surface area contributed by atoms with Gasteiger partial charge in [0.25, 0.3) is 5.91 Å². The van der Waals surface area contributed by atoms with Gasteiger partial charge in [0.05, 0.1) is 18.4 Å². The van der Waals surface area contributed by atoms with Gasteiger partial charge < -0.3 is 0 Å². The number of carbonyl (C=O) groups is 2. The van der Waals surface area contributed by atoms with Gasteiger partial charge in [0.15, 0.2) is 0 Å². The first-order chi connectivity index (χ1) is 12.6. The predicted molar refractivity (Wildman–Crippen MR) is 100 cm³/mol. The second-order valence-corrected chi connectivity index (χ2v) is 7.99. The van der Waals surface area contributed by atoms with Crippen molar-refractivity contribution in [3.05, 3.63) is 64.9 Å². The summed E-state index contributed by atoms with van der Waals surface area (Å²) in [7, 11) is -3.76. The van der Waals surface area contributed by atoms with Crippen LogP contribution in [0.4, 0.5) is 10.1 Å². The highest BCUT2D eigenvalue weighted by atomic mass is 35.5. The van der Waals surface area contributed by atoms with Gasteiger partial charge >= 0.3 is 0 Å². The Hall–Kier alpha value is -2.65. The molecule has 2 aromatic carbocycles. The minimum atomic E-state index is -3.76. The molecule has 0 aliphatic heterocycles. The molecule has 144 valence electrons. The number of benzene rings is 2. The van der Waals surface area contributed by atoms with E-state index >= 15 is 0 Å². The van der Waals surface area contributed by atoms with E-state index < -0.39 is 34.2 Å². The van der Waals surface area contributed by atoms with Crippen LogP contribution < -0.4 is 15.2 Å². The van der Waals surface area contributed by atoms with Gasteiger partial charge in [-0.3, -0.25) is 24.7 Å². The number of halogens is 2. The van der Waals surface area contributed by atoms with Crippen LogP contribution in [-0.2, 0) is 26.0 Å². The molecular formula is C17H17ClFN3O4S. The van der Waals surface area contributed by atoms with Gasteiger partial charge in [-0.2, -0.15) is 0 Å². The summed E-state index contributed by atoms with van der Waals surface area (Å²) in [6, 6.07) is 11.4. The maximum atomic E-state index is 12.8. The topological polar surface area (TPSA) is 95.6 Å². The number of carbonyl (C=O) groups excluding carboxylic acids is 2. The lowest BCUT2D eigenvalue weighted by Crippen LogP contribution is -2.48. The number of hydrazine groups is 1. The van der Waals surface area contributed by atoms with Gasteiger partial charge in [-0.25, -0.2) is 12.8 Å². The number of rotatable bonds is 6. The molecule has 0 aliphatic rings. The molecule has 2 rings (SSSR count). The Morgan fingerprint density at radius 3 is 2.30 bits per heavy atom. The van der Waals surface area contributed by atoms with E-state index in [0.717, 1.165) is 10.6 Å². The molecule has 0 atom stereocenters. The van der Waals surface area contributed by atoms with Crippen LogP contribution in [0.3, 0.4) is 0 Å². The zero-order valence-electron chi connectivity index (χ0n) is 14.3. The highest BCUT2D eigenvalue weighted by Gasteiger charge is 2.21. The molecule has 0 aliphatic carbocycles. The maximum absolute atomic E-state index is 12.8. The molecule has 0 spiro atoms. The molecular weight excluding hydrogens is 397 g/mol. The number of nitrogens with one attached hydrogen (secondary N) is 2. The highest BCUT2D eigenvalue weighted by molar-refractivity contribution is 7.92. The van der Waals surface area contributed by atoms with Crippen LogP contribution in [0.1, 0.15) is 5.56 Å². The van der Waals surface area contributed by atoms with E-state index in [1.54, 1.807) is 12.1 Å². The van der Waals surface area contributed by atoms with Crippen LogP contribution in [0.15, 0.2) is 48.5 Å². The third-order valence-corrected chi connectivity index (χ3v) is 4.78. The van der Waals surface area contributed by atoms with Crippen molar-refractivity contribution in [1.82, 2.24) is 10.9 Å². The minimum absolute atomic E-state index is 0.0787. The summed E-state index contributed by atoms with van der Waals surface area (Å²) >= 11 is 5.86. The molecule has 0 unspecified atom stereocenters. The van der Waals surface area contributed by atoms with Crippen molar-refractivity contribution in [2.45, 2.75) is 6.42 Å². The van der Waals surface area contributed by atoms with Crippen molar-refractivity contribution in [3.8, 4) is 0 Å². The molecule has 0 radical (unpaired) electrons. The largest absolute Gasteiger partial charge is 0.273 e. The zero-order valence-corrected chi connectivity index (χ0v) is 15.8. The fraction of sp³-hybridized carbons (Fsp3) is 0.176. The maximum Gasteiger partial charge on any atom is 0.259 e. The van der Waals surface area contributed by atoms with Crippen LogP contribution in [0.2, 0.25) is 5.02 Å². The lowest BCUT2D eigenvalue weighted by atomic mass is 10.1. The summed E-state index contributed by atoms with van der Waals surface area (Å²) in [5, 5.41) is 0.314. The van der Waals surface area contributed by atoms with E-state index in [1.807, 2.05) is 0 Å². The van der Waals surface area contributed by atoms with E-state index in [2.05, 4.69) is 10.9 Å². The van der Waals surface area contributed by atoms with E-state index in [4.69, 9.17) is 11.6 Å². The van der Waals surface area contributed by atoms with Crippen molar-refractivity contribution < 1.29 is 22.4 Å². The first-order valence-electron chi connectivity index (χ1n) is 7.70. The number of hydrogen-bond acceptors (Lipinski definition) is 4.